The molecular formula is C8H12N. The molecule has 2 rings (SSSR count). The molecule has 2 aliphatic rings. The molecule has 1 nitrogen and oxygen atoms in total. The van der Waals surface area contributed by atoms with Crippen LogP contribution in [-0.2, 0) is 0 Å². The van der Waals surface area contributed by atoms with Crippen molar-refractivity contribution in [1.29, 1.82) is 0 Å². The van der Waals surface area contributed by atoms with Crippen molar-refractivity contribution >= 4 is 0 Å². The first kappa shape index (κ1) is 5.33. The second-order valence-corrected chi connectivity index (χ2v) is 3.01. The van der Waals surface area contributed by atoms with Crippen LogP contribution in [0.1, 0.15) is 25.7 Å². The van der Waals surface area contributed by atoms with Crippen LogP contribution in [0.25, 0.3) is 0 Å². The van der Waals surface area contributed by atoms with Gasteiger partial charge in [0.15, 0.2) is 0 Å². The third-order valence-electron chi connectivity index (χ3n) is 2.39. The minimum Gasteiger partial charge on any atom is -0.380 e. The Morgan fingerprint density at radius 3 is 3.11 bits per heavy atom. The van der Waals surface area contributed by atoms with Crippen LogP contribution >= 0.6 is 0 Å². The predicted octanol–water partition coefficient (Wildman–Crippen LogP) is 1.47. The third-order valence-corrected chi connectivity index (χ3v) is 2.39. The van der Waals surface area contributed by atoms with Crippen molar-refractivity contribution in [2.24, 2.45) is 5.92 Å². The summed E-state index contributed by atoms with van der Waals surface area (Å²) in [5.41, 5.74) is 0. The standard InChI is InChI=1S/C8H12N/c1-2-4-8-7(3-1)5-6-9-8/h5,7-9H,1-4H2. The lowest BCUT2D eigenvalue weighted by Gasteiger charge is -2.24. The first-order valence-corrected chi connectivity index (χ1v) is 3.81. The molecule has 1 fully saturated rings. The number of hydrogen-bond acceptors (Lipinski definition) is 1. The summed E-state index contributed by atoms with van der Waals surface area (Å²) < 4.78 is 0. The quantitative estimate of drug-likeness (QED) is 0.513. The normalized spacial score (nSPS) is 40.0. The molecule has 0 saturated heterocycles. The predicted molar refractivity (Wildman–Crippen MR) is 36.7 cm³/mol. The monoisotopic (exact) mass is 122 g/mol. The van der Waals surface area contributed by atoms with Crippen molar-refractivity contribution in [3.05, 3.63) is 12.3 Å². The molecule has 0 spiro atoms. The highest BCUT2D eigenvalue weighted by atomic mass is 14.9. The summed E-state index contributed by atoms with van der Waals surface area (Å²) in [5, 5.41) is 3.25. The zero-order valence-corrected chi connectivity index (χ0v) is 5.56. The fourth-order valence-electron chi connectivity index (χ4n) is 1.80. The highest BCUT2D eigenvalue weighted by Crippen LogP contribution is 2.27. The van der Waals surface area contributed by atoms with Gasteiger partial charge in [0.1, 0.15) is 0 Å². The average molecular weight is 122 g/mol. The summed E-state index contributed by atoms with van der Waals surface area (Å²) in [7, 11) is 0. The van der Waals surface area contributed by atoms with Gasteiger partial charge in [-0.25, -0.2) is 0 Å². The molecule has 1 aliphatic heterocycles. The lowest BCUT2D eigenvalue weighted by molar-refractivity contribution is 0.350. The summed E-state index contributed by atoms with van der Waals surface area (Å²) in [6.07, 6.45) is 10.8. The molecule has 2 atom stereocenters. The zero-order chi connectivity index (χ0) is 6.10. The maximum Gasteiger partial charge on any atom is 0.0538 e. The van der Waals surface area contributed by atoms with E-state index in [0.29, 0.717) is 0 Å². The van der Waals surface area contributed by atoms with E-state index < -0.39 is 0 Å². The average Bonchev–Trinajstić information content (AvgIpc) is 2.33. The summed E-state index contributed by atoms with van der Waals surface area (Å²) in [6, 6.07) is 0.749. The van der Waals surface area contributed by atoms with E-state index in [9.17, 15) is 0 Å². The van der Waals surface area contributed by atoms with Crippen LogP contribution in [0, 0.1) is 12.1 Å². The van der Waals surface area contributed by atoms with Crippen LogP contribution in [-0.4, -0.2) is 6.04 Å². The number of nitrogens with one attached hydrogen (secondary N) is 1. The Labute approximate surface area is 56.1 Å². The van der Waals surface area contributed by atoms with Gasteiger partial charge in [-0.05, 0) is 18.8 Å². The van der Waals surface area contributed by atoms with Gasteiger partial charge in [0.2, 0.25) is 0 Å². The Kier molecular flexibility index (Phi) is 1.22. The van der Waals surface area contributed by atoms with Crippen molar-refractivity contribution in [1.82, 2.24) is 5.32 Å². The number of rotatable bonds is 0. The molecule has 1 radical (unpaired) electrons. The van der Waals surface area contributed by atoms with E-state index in [-0.39, 0.29) is 0 Å². The van der Waals surface area contributed by atoms with E-state index in [1.165, 1.54) is 25.7 Å². The second-order valence-electron chi connectivity index (χ2n) is 3.01. The van der Waals surface area contributed by atoms with Crippen LogP contribution in [0.4, 0.5) is 0 Å². The van der Waals surface area contributed by atoms with Gasteiger partial charge in [0.25, 0.3) is 0 Å². The number of fused-ring (bicyclic) bond motifs is 1. The van der Waals surface area contributed by atoms with E-state index >= 15 is 0 Å². The Balaban J connectivity index is 2.03. The van der Waals surface area contributed by atoms with Crippen molar-refractivity contribution in [2.75, 3.05) is 0 Å². The van der Waals surface area contributed by atoms with Gasteiger partial charge in [-0.3, -0.25) is 0 Å². The topological polar surface area (TPSA) is 12.0 Å². The van der Waals surface area contributed by atoms with Crippen LogP contribution in [0.5, 0.6) is 0 Å². The van der Waals surface area contributed by atoms with Crippen molar-refractivity contribution < 1.29 is 0 Å². The summed E-state index contributed by atoms with van der Waals surface area (Å²) in [5.74, 6) is 0.818. The SMILES string of the molecule is [C]1=CC2CCCCC2N1. The molecule has 0 bridgehead atoms. The Morgan fingerprint density at radius 2 is 2.22 bits per heavy atom. The van der Waals surface area contributed by atoms with Gasteiger partial charge in [-0.15, -0.1) is 0 Å². The van der Waals surface area contributed by atoms with E-state index in [1.807, 2.05) is 0 Å². The summed E-state index contributed by atoms with van der Waals surface area (Å²) >= 11 is 0. The van der Waals surface area contributed by atoms with Gasteiger partial charge in [-0.2, -0.15) is 0 Å². The molecule has 9 heavy (non-hydrogen) atoms. The fourth-order valence-corrected chi connectivity index (χ4v) is 1.80. The summed E-state index contributed by atoms with van der Waals surface area (Å²) in [4.78, 5) is 0. The molecule has 1 N–H and O–H groups in total. The van der Waals surface area contributed by atoms with Gasteiger partial charge < -0.3 is 5.32 Å². The molecule has 0 aromatic carbocycles. The smallest absolute Gasteiger partial charge is 0.0538 e. The Morgan fingerprint density at radius 1 is 1.33 bits per heavy atom. The zero-order valence-electron chi connectivity index (χ0n) is 5.56. The minimum absolute atomic E-state index is 0.749. The van der Waals surface area contributed by atoms with E-state index in [1.54, 1.807) is 0 Å². The van der Waals surface area contributed by atoms with E-state index in [0.717, 1.165) is 12.0 Å². The molecule has 0 aromatic rings. The van der Waals surface area contributed by atoms with Crippen molar-refractivity contribution in [3.63, 3.8) is 0 Å². The van der Waals surface area contributed by atoms with Crippen LogP contribution in [0.15, 0.2) is 6.08 Å². The molecule has 1 aliphatic carbocycles. The molecule has 1 heterocycles. The highest BCUT2D eigenvalue weighted by Gasteiger charge is 2.24. The molecule has 49 valence electrons. The largest absolute Gasteiger partial charge is 0.380 e. The molecule has 2 unspecified atom stereocenters. The Hall–Kier alpha value is -0.460. The van der Waals surface area contributed by atoms with Crippen molar-refractivity contribution in [3.8, 4) is 0 Å². The molecule has 1 saturated carbocycles. The summed E-state index contributed by atoms with van der Waals surface area (Å²) in [6.45, 7) is 0. The lowest BCUT2D eigenvalue weighted by Crippen LogP contribution is -2.29. The molecule has 0 aromatic heterocycles. The van der Waals surface area contributed by atoms with E-state index in [4.69, 9.17) is 0 Å². The fraction of sp³-hybridized carbons (Fsp3) is 0.750. The molecule has 0 amide bonds. The van der Waals surface area contributed by atoms with Crippen LogP contribution < -0.4 is 5.32 Å². The molecular weight excluding hydrogens is 110 g/mol. The third kappa shape index (κ3) is 0.846. The minimum atomic E-state index is 0.749. The van der Waals surface area contributed by atoms with E-state index in [2.05, 4.69) is 17.6 Å². The maximum atomic E-state index is 3.25. The first-order chi connectivity index (χ1) is 4.47. The van der Waals surface area contributed by atoms with Crippen LogP contribution in [0.2, 0.25) is 0 Å². The lowest BCUT2D eigenvalue weighted by atomic mass is 9.86. The molecule has 1 heteroatoms. The maximum absolute atomic E-state index is 3.25. The highest BCUT2D eigenvalue weighted by molar-refractivity contribution is 4.99. The van der Waals surface area contributed by atoms with Gasteiger partial charge in [0.05, 0.1) is 6.20 Å². The second kappa shape index (κ2) is 2.05. The Bertz CT molecular complexity index is 129. The van der Waals surface area contributed by atoms with Gasteiger partial charge >= 0.3 is 0 Å². The van der Waals surface area contributed by atoms with Gasteiger partial charge in [0, 0.05) is 6.04 Å². The first-order valence-electron chi connectivity index (χ1n) is 3.81. The van der Waals surface area contributed by atoms with Crippen molar-refractivity contribution in [2.45, 2.75) is 31.7 Å². The van der Waals surface area contributed by atoms with Gasteiger partial charge in [-0.1, -0.05) is 18.9 Å². The number of hydrogen-bond donors (Lipinski definition) is 1. The van der Waals surface area contributed by atoms with Crippen LogP contribution in [0.3, 0.4) is 0 Å².